The fourth-order valence-corrected chi connectivity index (χ4v) is 2.47. The van der Waals surface area contributed by atoms with E-state index in [-0.39, 0.29) is 24.5 Å². The zero-order chi connectivity index (χ0) is 15.0. The number of carbonyl (C=O) groups excluding carboxylic acids is 2. The molecule has 0 spiro atoms. The highest BCUT2D eigenvalue weighted by atomic mass is 16.5. The lowest BCUT2D eigenvalue weighted by Gasteiger charge is -2.36. The zero-order valence-corrected chi connectivity index (χ0v) is 12.4. The average molecular weight is 292 g/mol. The van der Waals surface area contributed by atoms with Gasteiger partial charge in [0.1, 0.15) is 6.54 Å². The van der Waals surface area contributed by atoms with Crippen LogP contribution in [-0.2, 0) is 11.3 Å². The van der Waals surface area contributed by atoms with Crippen LogP contribution in [0.2, 0.25) is 0 Å². The molecular weight excluding hydrogens is 272 g/mol. The van der Waals surface area contributed by atoms with Crippen LogP contribution in [0.5, 0.6) is 0 Å². The molecule has 1 saturated heterocycles. The van der Waals surface area contributed by atoms with Crippen molar-refractivity contribution in [2.24, 2.45) is 0 Å². The third-order valence-corrected chi connectivity index (χ3v) is 4.19. The summed E-state index contributed by atoms with van der Waals surface area (Å²) < 4.78 is 5.16. The Hall–Kier alpha value is -1.92. The van der Waals surface area contributed by atoms with Gasteiger partial charge in [-0.15, -0.1) is 0 Å². The minimum absolute atomic E-state index is 0.0737. The predicted molar refractivity (Wildman–Crippen MR) is 73.3 cm³/mol. The molecule has 2 aliphatic rings. The minimum atomic E-state index is -0.258. The molecule has 1 atom stereocenters. The van der Waals surface area contributed by atoms with Gasteiger partial charge in [-0.2, -0.15) is 4.98 Å². The van der Waals surface area contributed by atoms with Gasteiger partial charge in [0.2, 0.25) is 11.8 Å². The van der Waals surface area contributed by atoms with E-state index in [1.54, 1.807) is 4.90 Å². The van der Waals surface area contributed by atoms with Gasteiger partial charge >= 0.3 is 6.03 Å². The minimum Gasteiger partial charge on any atom is -0.337 e. The summed E-state index contributed by atoms with van der Waals surface area (Å²) >= 11 is 0. The Labute approximate surface area is 123 Å². The molecule has 0 radical (unpaired) electrons. The van der Waals surface area contributed by atoms with Gasteiger partial charge in [-0.25, -0.2) is 4.79 Å². The summed E-state index contributed by atoms with van der Waals surface area (Å²) in [5, 5.41) is 3.92. The van der Waals surface area contributed by atoms with E-state index < -0.39 is 0 Å². The normalized spacial score (nSPS) is 21.0. The first-order valence-corrected chi connectivity index (χ1v) is 7.53. The van der Waals surface area contributed by atoms with Crippen LogP contribution in [0.15, 0.2) is 4.52 Å². The van der Waals surface area contributed by atoms with Crippen LogP contribution >= 0.6 is 0 Å². The van der Waals surface area contributed by atoms with Crippen LogP contribution < -0.4 is 0 Å². The highest BCUT2D eigenvalue weighted by Gasteiger charge is 2.35. The quantitative estimate of drug-likeness (QED) is 0.828. The summed E-state index contributed by atoms with van der Waals surface area (Å²) in [5.74, 6) is 1.25. The summed E-state index contributed by atoms with van der Waals surface area (Å²) in [5.41, 5.74) is 0. The van der Waals surface area contributed by atoms with E-state index in [1.807, 2.05) is 13.8 Å². The first kappa shape index (κ1) is 14.0. The van der Waals surface area contributed by atoms with Crippen LogP contribution in [0.25, 0.3) is 0 Å². The standard InChI is InChI=1S/C14H20N4O3/c1-3-9(2)17-7-6-12(19)18(14(17)20)8-11-15-13(16-21-11)10-4-5-10/h9-10H,3-8H2,1-2H3/t9-/m0/s1. The van der Waals surface area contributed by atoms with Gasteiger partial charge in [0.15, 0.2) is 5.82 Å². The summed E-state index contributed by atoms with van der Waals surface area (Å²) in [4.78, 5) is 31.7. The fraction of sp³-hybridized carbons (Fsp3) is 0.714. The number of hydrogen-bond acceptors (Lipinski definition) is 5. The van der Waals surface area contributed by atoms with Crippen molar-refractivity contribution in [3.05, 3.63) is 11.7 Å². The highest BCUT2D eigenvalue weighted by Crippen LogP contribution is 2.38. The molecule has 1 aromatic rings. The molecule has 1 aromatic heterocycles. The molecule has 0 bridgehead atoms. The van der Waals surface area contributed by atoms with Crippen molar-refractivity contribution >= 4 is 11.9 Å². The number of carbonyl (C=O) groups is 2. The number of aromatic nitrogens is 2. The van der Waals surface area contributed by atoms with Gasteiger partial charge in [-0.05, 0) is 26.2 Å². The number of amides is 3. The second kappa shape index (κ2) is 5.46. The summed E-state index contributed by atoms with van der Waals surface area (Å²) in [6.45, 7) is 4.58. The molecule has 2 fully saturated rings. The summed E-state index contributed by atoms with van der Waals surface area (Å²) in [6, 6.07) is -0.135. The Bertz CT molecular complexity index is 552. The monoisotopic (exact) mass is 292 g/mol. The highest BCUT2D eigenvalue weighted by molar-refractivity contribution is 5.96. The van der Waals surface area contributed by atoms with Crippen molar-refractivity contribution in [1.82, 2.24) is 19.9 Å². The molecule has 1 aliphatic carbocycles. The van der Waals surface area contributed by atoms with Crippen LogP contribution in [-0.4, -0.2) is 44.5 Å². The molecule has 1 saturated carbocycles. The molecule has 3 rings (SSSR count). The Kier molecular flexibility index (Phi) is 3.65. The van der Waals surface area contributed by atoms with E-state index in [1.165, 1.54) is 4.90 Å². The topological polar surface area (TPSA) is 79.5 Å². The lowest BCUT2D eigenvalue weighted by molar-refractivity contribution is -0.132. The Morgan fingerprint density at radius 2 is 2.14 bits per heavy atom. The Morgan fingerprint density at radius 3 is 2.81 bits per heavy atom. The van der Waals surface area contributed by atoms with Gasteiger partial charge < -0.3 is 9.42 Å². The molecule has 1 aliphatic heterocycles. The smallest absolute Gasteiger partial charge is 0.327 e. The zero-order valence-electron chi connectivity index (χ0n) is 12.4. The third-order valence-electron chi connectivity index (χ3n) is 4.19. The second-order valence-electron chi connectivity index (χ2n) is 5.78. The van der Waals surface area contributed by atoms with Gasteiger partial charge in [0, 0.05) is 24.9 Å². The van der Waals surface area contributed by atoms with Gasteiger partial charge in [-0.3, -0.25) is 9.69 Å². The molecule has 114 valence electrons. The molecule has 0 aromatic carbocycles. The average Bonchev–Trinajstić information content (AvgIpc) is 3.22. The molecular formula is C14H20N4O3. The predicted octanol–water partition coefficient (Wildman–Crippen LogP) is 1.90. The van der Waals surface area contributed by atoms with Crippen molar-refractivity contribution < 1.29 is 14.1 Å². The molecule has 0 N–H and O–H groups in total. The molecule has 0 unspecified atom stereocenters. The van der Waals surface area contributed by atoms with E-state index in [9.17, 15) is 9.59 Å². The number of imide groups is 1. The maximum absolute atomic E-state index is 12.4. The van der Waals surface area contributed by atoms with Crippen molar-refractivity contribution in [1.29, 1.82) is 0 Å². The van der Waals surface area contributed by atoms with Crippen LogP contribution in [0.4, 0.5) is 4.79 Å². The van der Waals surface area contributed by atoms with Gasteiger partial charge in [0.25, 0.3) is 0 Å². The second-order valence-corrected chi connectivity index (χ2v) is 5.78. The molecule has 3 amide bonds. The number of rotatable bonds is 5. The van der Waals surface area contributed by atoms with Gasteiger partial charge in [0.05, 0.1) is 0 Å². The lowest BCUT2D eigenvalue weighted by Crippen LogP contribution is -2.54. The van der Waals surface area contributed by atoms with E-state index in [0.717, 1.165) is 19.3 Å². The van der Waals surface area contributed by atoms with E-state index in [0.29, 0.717) is 30.6 Å². The summed E-state index contributed by atoms with van der Waals surface area (Å²) in [6.07, 6.45) is 3.38. The number of hydrogen-bond donors (Lipinski definition) is 0. The first-order valence-electron chi connectivity index (χ1n) is 7.53. The molecule has 7 heteroatoms. The molecule has 7 nitrogen and oxygen atoms in total. The van der Waals surface area contributed by atoms with Crippen LogP contribution in [0.1, 0.15) is 57.2 Å². The van der Waals surface area contributed by atoms with Crippen molar-refractivity contribution in [2.75, 3.05) is 6.54 Å². The SMILES string of the molecule is CC[C@H](C)N1CCC(=O)N(Cc2nc(C3CC3)no2)C1=O. The third kappa shape index (κ3) is 2.77. The van der Waals surface area contributed by atoms with Crippen LogP contribution in [0, 0.1) is 0 Å². The maximum atomic E-state index is 12.4. The molecule has 2 heterocycles. The molecule has 21 heavy (non-hydrogen) atoms. The van der Waals surface area contributed by atoms with Gasteiger partial charge in [-0.1, -0.05) is 12.1 Å². The van der Waals surface area contributed by atoms with Crippen molar-refractivity contribution in [2.45, 2.75) is 58.0 Å². The number of nitrogens with zero attached hydrogens (tertiary/aromatic N) is 4. The summed E-state index contributed by atoms with van der Waals surface area (Å²) in [7, 11) is 0. The van der Waals surface area contributed by atoms with E-state index in [2.05, 4.69) is 10.1 Å². The van der Waals surface area contributed by atoms with E-state index >= 15 is 0 Å². The number of urea groups is 1. The lowest BCUT2D eigenvalue weighted by atomic mass is 10.2. The Balaban J connectivity index is 1.71. The van der Waals surface area contributed by atoms with Crippen molar-refractivity contribution in [3.8, 4) is 0 Å². The van der Waals surface area contributed by atoms with Crippen molar-refractivity contribution in [3.63, 3.8) is 0 Å². The first-order chi connectivity index (χ1) is 10.1. The van der Waals surface area contributed by atoms with E-state index in [4.69, 9.17) is 4.52 Å². The largest absolute Gasteiger partial charge is 0.337 e. The maximum Gasteiger partial charge on any atom is 0.327 e. The fourth-order valence-electron chi connectivity index (χ4n) is 2.47. The van der Waals surface area contributed by atoms with Crippen LogP contribution in [0.3, 0.4) is 0 Å². The Morgan fingerprint density at radius 1 is 1.38 bits per heavy atom.